The predicted molar refractivity (Wildman–Crippen MR) is 25.1 cm³/mol. The summed E-state index contributed by atoms with van der Waals surface area (Å²) in [7, 11) is 0. The summed E-state index contributed by atoms with van der Waals surface area (Å²) in [6, 6.07) is 0. The molecule has 0 bridgehead atoms. The fourth-order valence-corrected chi connectivity index (χ4v) is 0. The molecule has 0 atom stereocenters. The van der Waals surface area contributed by atoms with E-state index in [4.69, 9.17) is 0 Å². The second-order valence-corrected chi connectivity index (χ2v) is 0.606. The van der Waals surface area contributed by atoms with Crippen LogP contribution in [0.5, 0.6) is 0 Å². The molecule has 0 heterocycles. The van der Waals surface area contributed by atoms with Crippen LogP contribution in [0.1, 0.15) is 0 Å². The fourth-order valence-electron chi connectivity index (χ4n) is 0. The Hall–Kier alpha value is 0.0931. The summed E-state index contributed by atoms with van der Waals surface area (Å²) >= 11 is 0. The van der Waals surface area contributed by atoms with Gasteiger partial charge in [0.25, 0.3) is 0 Å². The van der Waals surface area contributed by atoms with Crippen molar-refractivity contribution in [3.05, 3.63) is 12.7 Å². The van der Waals surface area contributed by atoms with Gasteiger partial charge >= 0.3 is 0 Å². The number of nitrogens with two attached hydrogens (primary N) is 1. The molecule has 1 amide bonds. The quantitative estimate of drug-likeness (QED) is 0.500. The van der Waals surface area contributed by atoms with Crippen LogP contribution >= 0.6 is 0 Å². The molecule has 0 saturated heterocycles. The summed E-state index contributed by atoms with van der Waals surface area (Å²) < 4.78 is 0. The van der Waals surface area contributed by atoms with Crippen LogP contribution in [0.15, 0.2) is 12.7 Å². The summed E-state index contributed by atoms with van der Waals surface area (Å²) in [5.74, 6) is -0.481. The second-order valence-electron chi connectivity index (χ2n) is 0.606. The molecule has 0 aromatic carbocycles. The molecule has 3 radical (unpaired) electrons. The van der Waals surface area contributed by atoms with Crippen LogP contribution in [-0.4, -0.2) is 32.1 Å². The summed E-state index contributed by atoms with van der Waals surface area (Å²) in [5.41, 5.74) is 4.53. The Balaban J connectivity index is 0. The third kappa shape index (κ3) is 8.94. The topological polar surface area (TPSA) is 43.1 Å². The van der Waals surface area contributed by atoms with Crippen LogP contribution in [-0.2, 0) is 4.79 Å². The van der Waals surface area contributed by atoms with E-state index in [1.165, 1.54) is 0 Å². The van der Waals surface area contributed by atoms with E-state index in [0.717, 1.165) is 6.08 Å². The molecule has 6 heavy (non-hydrogen) atoms. The van der Waals surface area contributed by atoms with Gasteiger partial charge in [-0.15, -0.1) is 0 Å². The molecule has 0 unspecified atom stereocenters. The Morgan fingerprint density at radius 3 is 2.00 bits per heavy atom. The van der Waals surface area contributed by atoms with Crippen LogP contribution in [0.4, 0.5) is 0 Å². The predicted octanol–water partition coefficient (Wildman–Crippen LogP) is -0.723. The molecule has 0 aromatic rings. The van der Waals surface area contributed by atoms with E-state index in [9.17, 15) is 4.79 Å². The Morgan fingerprint density at radius 1 is 1.83 bits per heavy atom. The summed E-state index contributed by atoms with van der Waals surface area (Å²) in [6.45, 7) is 3.09. The number of primary amides is 1. The molecule has 2 nitrogen and oxygen atoms in total. The van der Waals surface area contributed by atoms with Crippen molar-refractivity contribution in [3.8, 4) is 0 Å². The zero-order chi connectivity index (χ0) is 4.28. The van der Waals surface area contributed by atoms with Gasteiger partial charge in [-0.1, -0.05) is 6.58 Å². The van der Waals surface area contributed by atoms with E-state index in [-0.39, 0.29) is 26.2 Å². The van der Waals surface area contributed by atoms with E-state index in [2.05, 4.69) is 12.3 Å². The molecule has 0 fully saturated rings. The number of amides is 1. The number of hydrogen-bond acceptors (Lipinski definition) is 1. The van der Waals surface area contributed by atoms with Gasteiger partial charge in [-0.05, 0) is 6.08 Å². The van der Waals surface area contributed by atoms with Crippen molar-refractivity contribution in [2.45, 2.75) is 0 Å². The maximum atomic E-state index is 9.47. The van der Waals surface area contributed by atoms with Gasteiger partial charge in [-0.2, -0.15) is 0 Å². The van der Waals surface area contributed by atoms with Gasteiger partial charge in [0, 0.05) is 26.2 Å². The number of carbonyl (C=O) groups excluding carboxylic acids is 1. The Morgan fingerprint density at radius 2 is 2.00 bits per heavy atom. The minimum atomic E-state index is -0.481. The second kappa shape index (κ2) is 5.09. The largest absolute Gasteiger partial charge is 0.366 e. The minimum absolute atomic E-state index is 0. The van der Waals surface area contributed by atoms with Gasteiger partial charge in [-0.3, -0.25) is 4.79 Å². The van der Waals surface area contributed by atoms with E-state index < -0.39 is 5.91 Å². The van der Waals surface area contributed by atoms with E-state index in [1.54, 1.807) is 0 Å². The summed E-state index contributed by atoms with van der Waals surface area (Å²) in [4.78, 5) is 9.47. The molecular weight excluding hydrogens is 275 g/mol. The average Bonchev–Trinajstić information content (AvgIpc) is 1.38. The molecule has 0 aliphatic carbocycles. The molecule has 0 saturated carbocycles. The third-order valence-corrected chi connectivity index (χ3v) is 0.201. The van der Waals surface area contributed by atoms with Gasteiger partial charge in [0.15, 0.2) is 0 Å². The molecule has 0 aliphatic heterocycles. The average molecular weight is 280 g/mol. The van der Waals surface area contributed by atoms with Crippen molar-refractivity contribution in [1.29, 1.82) is 0 Å². The molecule has 0 rings (SSSR count). The summed E-state index contributed by atoms with van der Waals surface area (Å²) in [5, 5.41) is 0. The van der Waals surface area contributed by atoms with Crippen molar-refractivity contribution < 1.29 is 4.79 Å². The summed E-state index contributed by atoms with van der Waals surface area (Å²) in [6.07, 6.45) is 1.06. The van der Waals surface area contributed by atoms with Crippen LogP contribution in [0.3, 0.4) is 0 Å². The van der Waals surface area contributed by atoms with Gasteiger partial charge < -0.3 is 5.73 Å². The fraction of sp³-hybridized carbons (Fsp3) is 0. The van der Waals surface area contributed by atoms with Crippen molar-refractivity contribution in [2.24, 2.45) is 5.73 Å². The van der Waals surface area contributed by atoms with Crippen molar-refractivity contribution in [2.75, 3.05) is 0 Å². The van der Waals surface area contributed by atoms with Crippen molar-refractivity contribution in [1.82, 2.24) is 0 Å². The first-order chi connectivity index (χ1) is 2.27. The van der Waals surface area contributed by atoms with E-state index in [1.807, 2.05) is 0 Å². The third-order valence-electron chi connectivity index (χ3n) is 0.201. The molecule has 2 N–H and O–H groups in total. The number of hydrogen-bond donors (Lipinski definition) is 1. The Kier molecular flexibility index (Phi) is 8.01. The van der Waals surface area contributed by atoms with Crippen LogP contribution in [0.25, 0.3) is 0 Å². The van der Waals surface area contributed by atoms with Gasteiger partial charge in [-0.25, -0.2) is 0 Å². The van der Waals surface area contributed by atoms with E-state index in [0.29, 0.717) is 0 Å². The molecule has 0 spiro atoms. The molecule has 0 aromatic heterocycles. The maximum absolute atomic E-state index is 9.47. The maximum Gasteiger partial charge on any atom is 0.240 e. The van der Waals surface area contributed by atoms with Gasteiger partial charge in [0.05, 0.1) is 0 Å². The zero-order valence-corrected chi connectivity index (χ0v) is 6.69. The standard InChI is InChI=1S/C3H5NO.Bi/c1-2-3(4)5;/h2H,1H2,(H2,4,5);. The number of rotatable bonds is 1. The smallest absolute Gasteiger partial charge is 0.240 e. The van der Waals surface area contributed by atoms with Crippen LogP contribution in [0, 0.1) is 0 Å². The molecule has 33 valence electrons. The van der Waals surface area contributed by atoms with Crippen molar-refractivity contribution >= 4 is 32.1 Å². The Labute approximate surface area is 55.5 Å². The molecule has 0 aliphatic rings. The SMILES string of the molecule is C=CC(N)=O.[Bi]. The first-order valence-corrected chi connectivity index (χ1v) is 1.19. The monoisotopic (exact) mass is 280 g/mol. The van der Waals surface area contributed by atoms with Crippen LogP contribution < -0.4 is 5.73 Å². The Bertz CT molecular complexity index is 61.8. The van der Waals surface area contributed by atoms with Gasteiger partial charge in [0.1, 0.15) is 0 Å². The zero-order valence-electron chi connectivity index (χ0n) is 3.22. The van der Waals surface area contributed by atoms with Crippen LogP contribution in [0.2, 0.25) is 0 Å². The van der Waals surface area contributed by atoms with E-state index >= 15 is 0 Å². The minimum Gasteiger partial charge on any atom is -0.366 e. The number of carbonyl (C=O) groups is 1. The first kappa shape index (κ1) is 9.43. The normalized spacial score (nSPS) is 5.33. The van der Waals surface area contributed by atoms with Crippen molar-refractivity contribution in [3.63, 3.8) is 0 Å². The first-order valence-electron chi connectivity index (χ1n) is 1.19. The molecular formula is C3H5BiNO. The van der Waals surface area contributed by atoms with Gasteiger partial charge in [0.2, 0.25) is 5.91 Å². The molecule has 3 heteroatoms.